The van der Waals surface area contributed by atoms with Crippen LogP contribution in [0.3, 0.4) is 0 Å². The van der Waals surface area contributed by atoms with Crippen molar-refractivity contribution in [3.05, 3.63) is 35.1 Å². The highest BCUT2D eigenvalue weighted by Crippen LogP contribution is 2.18. The summed E-state index contributed by atoms with van der Waals surface area (Å²) in [5.74, 6) is 0.241. The first kappa shape index (κ1) is 14.0. The van der Waals surface area contributed by atoms with Gasteiger partial charge in [0.15, 0.2) is 0 Å². The topological polar surface area (TPSA) is 36.3 Å². The molecule has 0 unspecified atom stereocenters. The smallest absolute Gasteiger partial charge is 0.145 e. The second-order valence-electron chi connectivity index (χ2n) is 5.14. The predicted molar refractivity (Wildman–Crippen MR) is 71.0 cm³/mol. The van der Waals surface area contributed by atoms with Gasteiger partial charge in [-0.15, -0.1) is 0 Å². The number of benzene rings is 1. The minimum Gasteiger partial charge on any atom is -0.381 e. The summed E-state index contributed by atoms with van der Waals surface area (Å²) < 4.78 is 19.3. The molecule has 0 saturated carbocycles. The summed E-state index contributed by atoms with van der Waals surface area (Å²) in [6.45, 7) is 3.14. The molecule has 0 amide bonds. The van der Waals surface area contributed by atoms with Crippen molar-refractivity contribution in [3.63, 3.8) is 0 Å². The maximum atomic E-state index is 13.9. The second-order valence-corrected chi connectivity index (χ2v) is 5.14. The van der Waals surface area contributed by atoms with E-state index in [1.807, 2.05) is 13.1 Å². The van der Waals surface area contributed by atoms with Gasteiger partial charge < -0.3 is 9.64 Å². The van der Waals surface area contributed by atoms with Crippen LogP contribution in [0, 0.1) is 23.1 Å². The molecule has 0 spiro atoms. The molecule has 1 aromatic carbocycles. The van der Waals surface area contributed by atoms with Gasteiger partial charge in [0.1, 0.15) is 11.9 Å². The number of ether oxygens (including phenoxy) is 1. The maximum Gasteiger partial charge on any atom is 0.145 e. The second kappa shape index (κ2) is 6.65. The van der Waals surface area contributed by atoms with Crippen LogP contribution in [-0.2, 0) is 11.3 Å². The normalized spacial score (nSPS) is 16.5. The van der Waals surface area contributed by atoms with Crippen LogP contribution < -0.4 is 0 Å². The van der Waals surface area contributed by atoms with Crippen molar-refractivity contribution in [2.75, 3.05) is 26.8 Å². The minimum absolute atomic E-state index is 0.122. The van der Waals surface area contributed by atoms with Crippen LogP contribution in [0.1, 0.15) is 24.0 Å². The van der Waals surface area contributed by atoms with Crippen molar-refractivity contribution in [1.82, 2.24) is 4.90 Å². The van der Waals surface area contributed by atoms with Gasteiger partial charge in [-0.1, -0.05) is 12.1 Å². The summed E-state index contributed by atoms with van der Waals surface area (Å²) in [4.78, 5) is 2.12. The number of nitriles is 1. The molecule has 0 radical (unpaired) electrons. The molecule has 102 valence electrons. The van der Waals surface area contributed by atoms with E-state index in [2.05, 4.69) is 4.90 Å². The highest BCUT2D eigenvalue weighted by atomic mass is 19.1. The van der Waals surface area contributed by atoms with E-state index in [1.165, 1.54) is 6.07 Å². The summed E-state index contributed by atoms with van der Waals surface area (Å²) in [6.07, 6.45) is 2.15. The third kappa shape index (κ3) is 3.76. The van der Waals surface area contributed by atoms with E-state index in [9.17, 15) is 4.39 Å². The third-order valence-corrected chi connectivity index (χ3v) is 3.55. The summed E-state index contributed by atoms with van der Waals surface area (Å²) >= 11 is 0. The summed E-state index contributed by atoms with van der Waals surface area (Å²) in [6, 6.07) is 6.87. The van der Waals surface area contributed by atoms with Gasteiger partial charge in [0.25, 0.3) is 0 Å². The lowest BCUT2D eigenvalue weighted by molar-refractivity contribution is 0.0548. The predicted octanol–water partition coefficient (Wildman–Crippen LogP) is 2.56. The highest BCUT2D eigenvalue weighted by molar-refractivity contribution is 5.34. The lowest BCUT2D eigenvalue weighted by atomic mass is 9.99. The Hall–Kier alpha value is -1.44. The molecule has 0 aliphatic carbocycles. The molecule has 0 atom stereocenters. The summed E-state index contributed by atoms with van der Waals surface area (Å²) in [7, 11) is 1.99. The molecule has 4 heteroatoms. The third-order valence-electron chi connectivity index (χ3n) is 3.55. The molecule has 0 aromatic heterocycles. The van der Waals surface area contributed by atoms with Crippen molar-refractivity contribution in [3.8, 4) is 6.07 Å². The van der Waals surface area contributed by atoms with Gasteiger partial charge in [0.2, 0.25) is 0 Å². The number of hydrogen-bond donors (Lipinski definition) is 0. The SMILES string of the molecule is CN(Cc1cccc(C#N)c1F)CC1CCOCC1. The van der Waals surface area contributed by atoms with Crippen LogP contribution in [0.2, 0.25) is 0 Å². The van der Waals surface area contributed by atoms with Crippen LogP contribution in [0.25, 0.3) is 0 Å². The van der Waals surface area contributed by atoms with E-state index < -0.39 is 0 Å². The van der Waals surface area contributed by atoms with Crippen molar-refractivity contribution in [2.24, 2.45) is 5.92 Å². The van der Waals surface area contributed by atoms with Crippen LogP contribution in [0.4, 0.5) is 4.39 Å². The van der Waals surface area contributed by atoms with Crippen molar-refractivity contribution in [1.29, 1.82) is 5.26 Å². The molecule has 0 bridgehead atoms. The van der Waals surface area contributed by atoms with Crippen molar-refractivity contribution < 1.29 is 9.13 Å². The average molecular weight is 262 g/mol. The molecule has 1 fully saturated rings. The monoisotopic (exact) mass is 262 g/mol. The average Bonchev–Trinajstić information content (AvgIpc) is 2.42. The largest absolute Gasteiger partial charge is 0.381 e. The van der Waals surface area contributed by atoms with Crippen LogP contribution in [0.5, 0.6) is 0 Å². The lowest BCUT2D eigenvalue weighted by Gasteiger charge is -2.27. The molecular weight excluding hydrogens is 243 g/mol. The fourth-order valence-corrected chi connectivity index (χ4v) is 2.51. The first-order valence-electron chi connectivity index (χ1n) is 6.64. The first-order chi connectivity index (χ1) is 9.20. The fraction of sp³-hybridized carbons (Fsp3) is 0.533. The van der Waals surface area contributed by atoms with Gasteiger partial charge in [-0.3, -0.25) is 0 Å². The Morgan fingerprint density at radius 1 is 1.42 bits per heavy atom. The molecule has 1 aliphatic heterocycles. The van der Waals surface area contributed by atoms with Crippen LogP contribution >= 0.6 is 0 Å². The minimum atomic E-state index is -0.385. The van der Waals surface area contributed by atoms with Crippen molar-refractivity contribution >= 4 is 0 Å². The van der Waals surface area contributed by atoms with Gasteiger partial charge in [0.05, 0.1) is 5.56 Å². The highest BCUT2D eigenvalue weighted by Gasteiger charge is 2.17. The lowest BCUT2D eigenvalue weighted by Crippen LogP contribution is -2.29. The van der Waals surface area contributed by atoms with E-state index in [0.717, 1.165) is 32.6 Å². The van der Waals surface area contributed by atoms with Crippen LogP contribution in [-0.4, -0.2) is 31.7 Å². The standard InChI is InChI=1S/C15H19FN2O/c1-18(10-12-5-7-19-8-6-12)11-14-4-2-3-13(9-17)15(14)16/h2-4,12H,5-8,10-11H2,1H3. The number of halogens is 1. The zero-order chi connectivity index (χ0) is 13.7. The number of rotatable bonds is 4. The molecular formula is C15H19FN2O. The number of nitrogens with zero attached hydrogens (tertiary/aromatic N) is 2. The van der Waals surface area contributed by atoms with Crippen LogP contribution in [0.15, 0.2) is 18.2 Å². The quantitative estimate of drug-likeness (QED) is 0.836. The molecule has 1 saturated heterocycles. The number of hydrogen-bond acceptors (Lipinski definition) is 3. The molecule has 1 aromatic rings. The Kier molecular flexibility index (Phi) is 4.89. The molecule has 3 nitrogen and oxygen atoms in total. The molecule has 1 heterocycles. The van der Waals surface area contributed by atoms with Gasteiger partial charge in [-0.25, -0.2) is 4.39 Å². The Labute approximate surface area is 113 Å². The van der Waals surface area contributed by atoms with E-state index in [-0.39, 0.29) is 11.4 Å². The van der Waals surface area contributed by atoms with E-state index >= 15 is 0 Å². The molecule has 0 N–H and O–H groups in total. The zero-order valence-electron chi connectivity index (χ0n) is 11.2. The molecule has 2 rings (SSSR count). The first-order valence-corrected chi connectivity index (χ1v) is 6.64. The van der Waals surface area contributed by atoms with Gasteiger partial charge in [0, 0.05) is 31.9 Å². The summed E-state index contributed by atoms with van der Waals surface area (Å²) in [5.41, 5.74) is 0.713. The summed E-state index contributed by atoms with van der Waals surface area (Å²) in [5, 5.41) is 8.82. The Balaban J connectivity index is 1.95. The van der Waals surface area contributed by atoms with Gasteiger partial charge in [-0.05, 0) is 31.9 Å². The van der Waals surface area contributed by atoms with E-state index in [1.54, 1.807) is 12.1 Å². The van der Waals surface area contributed by atoms with Crippen molar-refractivity contribution in [2.45, 2.75) is 19.4 Å². The maximum absolute atomic E-state index is 13.9. The Bertz CT molecular complexity index is 464. The molecule has 1 aliphatic rings. The van der Waals surface area contributed by atoms with Gasteiger partial charge in [-0.2, -0.15) is 5.26 Å². The van der Waals surface area contributed by atoms with E-state index in [4.69, 9.17) is 10.00 Å². The zero-order valence-corrected chi connectivity index (χ0v) is 11.2. The molecule has 19 heavy (non-hydrogen) atoms. The Morgan fingerprint density at radius 3 is 2.84 bits per heavy atom. The van der Waals surface area contributed by atoms with Gasteiger partial charge >= 0.3 is 0 Å². The Morgan fingerprint density at radius 2 is 2.16 bits per heavy atom. The van der Waals surface area contributed by atoms with E-state index in [0.29, 0.717) is 18.0 Å². The fourth-order valence-electron chi connectivity index (χ4n) is 2.51.